The Morgan fingerprint density at radius 1 is 1.32 bits per heavy atom. The molecule has 0 heterocycles. The first-order valence-electron chi connectivity index (χ1n) is 6.46. The van der Waals surface area contributed by atoms with E-state index in [1.807, 2.05) is 39.6 Å². The average molecular weight is 266 g/mol. The van der Waals surface area contributed by atoms with Crippen molar-refractivity contribution in [1.82, 2.24) is 10.2 Å². The second kappa shape index (κ2) is 6.15. The molecule has 1 atom stereocenters. The number of halogens is 1. The molecule has 4 heteroatoms. The van der Waals surface area contributed by atoms with E-state index in [2.05, 4.69) is 5.32 Å². The lowest BCUT2D eigenvalue weighted by molar-refractivity contribution is -0.127. The summed E-state index contributed by atoms with van der Waals surface area (Å²) in [6.07, 6.45) is 0. The summed E-state index contributed by atoms with van der Waals surface area (Å²) in [5.74, 6) is -0.248. The Labute approximate surface area is 114 Å². The van der Waals surface area contributed by atoms with E-state index in [1.165, 1.54) is 12.1 Å². The molecule has 0 aromatic heterocycles. The maximum absolute atomic E-state index is 12.8. The van der Waals surface area contributed by atoms with E-state index >= 15 is 0 Å². The Morgan fingerprint density at radius 3 is 2.32 bits per heavy atom. The van der Waals surface area contributed by atoms with E-state index in [-0.39, 0.29) is 23.3 Å². The van der Waals surface area contributed by atoms with Crippen LogP contribution >= 0.6 is 0 Å². The third-order valence-corrected chi connectivity index (χ3v) is 2.88. The third-order valence-electron chi connectivity index (χ3n) is 2.88. The van der Waals surface area contributed by atoms with Crippen molar-refractivity contribution in [2.24, 2.45) is 0 Å². The molecule has 19 heavy (non-hydrogen) atoms. The molecule has 1 N–H and O–H groups in total. The first kappa shape index (κ1) is 15.6. The molecule has 1 amide bonds. The Morgan fingerprint density at radius 2 is 1.84 bits per heavy atom. The topological polar surface area (TPSA) is 32.3 Å². The second-order valence-corrected chi connectivity index (χ2v) is 5.96. The monoisotopic (exact) mass is 266 g/mol. The van der Waals surface area contributed by atoms with Crippen LogP contribution < -0.4 is 5.32 Å². The molecule has 3 nitrogen and oxygen atoms in total. The molecule has 1 rings (SSSR count). The van der Waals surface area contributed by atoms with E-state index in [0.29, 0.717) is 6.54 Å². The van der Waals surface area contributed by atoms with Crippen LogP contribution in [0.5, 0.6) is 0 Å². The van der Waals surface area contributed by atoms with Crippen LogP contribution in [-0.4, -0.2) is 29.4 Å². The summed E-state index contributed by atoms with van der Waals surface area (Å²) < 4.78 is 12.8. The van der Waals surface area contributed by atoms with Gasteiger partial charge in [-0.15, -0.1) is 0 Å². The van der Waals surface area contributed by atoms with Gasteiger partial charge in [0.2, 0.25) is 5.91 Å². The number of likely N-dealkylation sites (N-methyl/N-ethyl adjacent to an activating group) is 1. The molecule has 0 bridgehead atoms. The number of rotatable bonds is 4. The molecule has 0 aliphatic carbocycles. The van der Waals surface area contributed by atoms with Crippen molar-refractivity contribution in [3.8, 4) is 0 Å². The van der Waals surface area contributed by atoms with E-state index < -0.39 is 0 Å². The van der Waals surface area contributed by atoms with E-state index in [9.17, 15) is 9.18 Å². The second-order valence-electron chi connectivity index (χ2n) is 5.96. The Kier molecular flexibility index (Phi) is 5.06. The summed E-state index contributed by atoms with van der Waals surface area (Å²) in [6, 6.07) is 6.11. The molecule has 0 saturated heterocycles. The fraction of sp³-hybridized carbons (Fsp3) is 0.533. The summed E-state index contributed by atoms with van der Waals surface area (Å²) in [5.41, 5.74) is 0.751. The normalized spacial score (nSPS) is 13.4. The van der Waals surface area contributed by atoms with E-state index in [1.54, 1.807) is 12.1 Å². The van der Waals surface area contributed by atoms with Crippen molar-refractivity contribution in [3.05, 3.63) is 35.6 Å². The van der Waals surface area contributed by atoms with Gasteiger partial charge < -0.3 is 5.32 Å². The number of nitrogens with zero attached hydrogens (tertiary/aromatic N) is 1. The first-order chi connectivity index (χ1) is 8.69. The van der Waals surface area contributed by atoms with Crippen LogP contribution in [0.25, 0.3) is 0 Å². The molecule has 0 fully saturated rings. The number of amides is 1. The lowest BCUT2D eigenvalue weighted by Crippen LogP contribution is -2.49. The Bertz CT molecular complexity index is 423. The molecule has 0 aliphatic heterocycles. The maximum atomic E-state index is 12.8. The molecule has 0 saturated carbocycles. The van der Waals surface area contributed by atoms with Gasteiger partial charge in [-0.2, -0.15) is 0 Å². The molecule has 0 spiro atoms. The number of hydrogen-bond acceptors (Lipinski definition) is 2. The fourth-order valence-electron chi connectivity index (χ4n) is 1.69. The van der Waals surface area contributed by atoms with Gasteiger partial charge in [-0.05, 0) is 52.4 Å². The molecular weight excluding hydrogens is 243 g/mol. The van der Waals surface area contributed by atoms with Gasteiger partial charge in [0.05, 0.1) is 6.04 Å². The molecule has 1 aromatic carbocycles. The van der Waals surface area contributed by atoms with Crippen molar-refractivity contribution in [2.45, 2.75) is 45.8 Å². The summed E-state index contributed by atoms with van der Waals surface area (Å²) in [7, 11) is 1.89. The summed E-state index contributed by atoms with van der Waals surface area (Å²) >= 11 is 0. The third kappa shape index (κ3) is 5.39. The highest BCUT2D eigenvalue weighted by Crippen LogP contribution is 2.09. The zero-order chi connectivity index (χ0) is 14.6. The number of carbonyl (C=O) groups excluding carboxylic acids is 1. The van der Waals surface area contributed by atoms with Crippen LogP contribution in [0.4, 0.5) is 4.39 Å². The van der Waals surface area contributed by atoms with Gasteiger partial charge >= 0.3 is 0 Å². The van der Waals surface area contributed by atoms with Gasteiger partial charge in [0.25, 0.3) is 0 Å². The molecule has 0 aliphatic rings. The number of carbonyl (C=O) groups is 1. The lowest BCUT2D eigenvalue weighted by atomic mass is 10.1. The quantitative estimate of drug-likeness (QED) is 0.908. The van der Waals surface area contributed by atoms with Crippen LogP contribution in [0, 0.1) is 5.82 Å². The largest absolute Gasteiger partial charge is 0.350 e. The van der Waals surface area contributed by atoms with Crippen LogP contribution in [0.1, 0.15) is 33.3 Å². The van der Waals surface area contributed by atoms with Crippen molar-refractivity contribution in [3.63, 3.8) is 0 Å². The van der Waals surface area contributed by atoms with Crippen molar-refractivity contribution in [1.29, 1.82) is 0 Å². The minimum Gasteiger partial charge on any atom is -0.350 e. The molecular formula is C15H23FN2O. The van der Waals surface area contributed by atoms with Gasteiger partial charge in [0.1, 0.15) is 5.82 Å². The van der Waals surface area contributed by atoms with Crippen LogP contribution in [0.15, 0.2) is 24.3 Å². The minimum atomic E-state index is -0.245. The highest BCUT2D eigenvalue weighted by Gasteiger charge is 2.22. The minimum absolute atomic E-state index is 0.00267. The first-order valence-corrected chi connectivity index (χ1v) is 6.46. The van der Waals surface area contributed by atoms with E-state index in [0.717, 1.165) is 5.56 Å². The standard InChI is InChI=1S/C15H23FN2O/c1-11(14(19)17-15(2,3)4)18(5)10-12-6-8-13(16)9-7-12/h6-9,11H,10H2,1-5H3,(H,17,19). The Balaban J connectivity index is 2.59. The highest BCUT2D eigenvalue weighted by atomic mass is 19.1. The summed E-state index contributed by atoms with van der Waals surface area (Å²) in [4.78, 5) is 14.0. The van der Waals surface area contributed by atoms with Crippen molar-refractivity contribution in [2.75, 3.05) is 7.05 Å². The van der Waals surface area contributed by atoms with E-state index in [4.69, 9.17) is 0 Å². The molecule has 1 aromatic rings. The predicted octanol–water partition coefficient (Wildman–Crippen LogP) is 2.56. The van der Waals surface area contributed by atoms with Crippen LogP contribution in [0.2, 0.25) is 0 Å². The molecule has 0 radical (unpaired) electrons. The van der Waals surface area contributed by atoms with Gasteiger partial charge in [0.15, 0.2) is 0 Å². The lowest BCUT2D eigenvalue weighted by Gasteiger charge is -2.28. The summed E-state index contributed by atoms with van der Waals surface area (Å²) in [5, 5.41) is 2.95. The summed E-state index contributed by atoms with van der Waals surface area (Å²) in [6.45, 7) is 8.34. The fourth-order valence-corrected chi connectivity index (χ4v) is 1.69. The predicted molar refractivity (Wildman–Crippen MR) is 75.2 cm³/mol. The smallest absolute Gasteiger partial charge is 0.237 e. The molecule has 106 valence electrons. The van der Waals surface area contributed by atoms with Crippen molar-refractivity contribution < 1.29 is 9.18 Å². The maximum Gasteiger partial charge on any atom is 0.237 e. The highest BCUT2D eigenvalue weighted by molar-refractivity contribution is 5.81. The zero-order valence-corrected chi connectivity index (χ0v) is 12.3. The van der Waals surface area contributed by atoms with Crippen LogP contribution in [-0.2, 0) is 11.3 Å². The Hall–Kier alpha value is -1.42. The van der Waals surface area contributed by atoms with Gasteiger partial charge in [-0.3, -0.25) is 9.69 Å². The van der Waals surface area contributed by atoms with Gasteiger partial charge in [-0.25, -0.2) is 4.39 Å². The number of hydrogen-bond donors (Lipinski definition) is 1. The van der Waals surface area contributed by atoms with Crippen LogP contribution in [0.3, 0.4) is 0 Å². The van der Waals surface area contributed by atoms with Gasteiger partial charge in [-0.1, -0.05) is 12.1 Å². The zero-order valence-electron chi connectivity index (χ0n) is 12.3. The SMILES string of the molecule is CC(C(=O)NC(C)(C)C)N(C)Cc1ccc(F)cc1. The van der Waals surface area contributed by atoms with Crippen molar-refractivity contribution >= 4 is 5.91 Å². The number of benzene rings is 1. The average Bonchev–Trinajstić information content (AvgIpc) is 2.28. The molecule has 1 unspecified atom stereocenters. The number of nitrogens with one attached hydrogen (secondary N) is 1. The van der Waals surface area contributed by atoms with Gasteiger partial charge in [0, 0.05) is 12.1 Å².